The number of sulfonamides is 1. The van der Waals surface area contributed by atoms with Gasteiger partial charge >= 0.3 is 0 Å². The van der Waals surface area contributed by atoms with Crippen LogP contribution in [0.1, 0.15) is 32.6 Å². The second-order valence-electron chi connectivity index (χ2n) is 6.11. The number of hydrogen-bond donors (Lipinski definition) is 1. The lowest BCUT2D eigenvalue weighted by atomic mass is 10.3. The van der Waals surface area contributed by atoms with Gasteiger partial charge in [-0.25, -0.2) is 13.4 Å². The maximum Gasteiger partial charge on any atom is 0.270 e. The number of nitrogens with zero attached hydrogens (tertiary/aromatic N) is 5. The molecular weight excluding hydrogens is 428 g/mol. The molecule has 0 radical (unpaired) electrons. The maximum absolute atomic E-state index is 13.0. The van der Waals surface area contributed by atoms with Gasteiger partial charge in [-0.1, -0.05) is 25.2 Å². The first-order chi connectivity index (χ1) is 14.3. The van der Waals surface area contributed by atoms with E-state index >= 15 is 0 Å². The van der Waals surface area contributed by atoms with Gasteiger partial charge in [0, 0.05) is 44.5 Å². The summed E-state index contributed by atoms with van der Waals surface area (Å²) in [4.78, 5) is 17.6. The number of hydrazone groups is 1. The van der Waals surface area contributed by atoms with Gasteiger partial charge in [0.25, 0.3) is 5.69 Å². The average molecular weight is 455 g/mol. The van der Waals surface area contributed by atoms with Crippen LogP contribution in [0.5, 0.6) is 0 Å². The van der Waals surface area contributed by atoms with Gasteiger partial charge in [-0.2, -0.15) is 9.41 Å². The van der Waals surface area contributed by atoms with Gasteiger partial charge < -0.3 is 4.90 Å². The second kappa shape index (κ2) is 10.5. The molecule has 2 rings (SSSR count). The van der Waals surface area contributed by atoms with Crippen molar-refractivity contribution in [3.8, 4) is 0 Å². The van der Waals surface area contributed by atoms with Crippen LogP contribution in [0.4, 0.5) is 16.5 Å². The quantitative estimate of drug-likeness (QED) is 0.314. The van der Waals surface area contributed by atoms with Crippen molar-refractivity contribution in [1.82, 2.24) is 9.29 Å². The van der Waals surface area contributed by atoms with Crippen LogP contribution in [0.2, 0.25) is 0 Å². The zero-order chi connectivity index (χ0) is 22.3. The molecule has 10 nitrogen and oxygen atoms in total. The van der Waals surface area contributed by atoms with E-state index in [9.17, 15) is 18.5 Å². The van der Waals surface area contributed by atoms with Crippen molar-refractivity contribution >= 4 is 44.1 Å². The first kappa shape index (κ1) is 23.7. The lowest BCUT2D eigenvalue weighted by molar-refractivity contribution is -0.385. The molecule has 1 heterocycles. The third kappa shape index (κ3) is 5.32. The van der Waals surface area contributed by atoms with Crippen molar-refractivity contribution in [2.45, 2.75) is 32.6 Å². The summed E-state index contributed by atoms with van der Waals surface area (Å²) in [6, 6.07) is 3.64. The molecule has 30 heavy (non-hydrogen) atoms. The molecule has 0 fully saturated rings. The monoisotopic (exact) mass is 454 g/mol. The van der Waals surface area contributed by atoms with Crippen molar-refractivity contribution < 1.29 is 13.3 Å². The van der Waals surface area contributed by atoms with Crippen LogP contribution in [0.3, 0.4) is 0 Å². The van der Waals surface area contributed by atoms with E-state index in [2.05, 4.69) is 20.4 Å². The van der Waals surface area contributed by atoms with E-state index in [0.717, 1.165) is 29.2 Å². The summed E-state index contributed by atoms with van der Waals surface area (Å²) in [5.74, 6) is 0. The third-order valence-electron chi connectivity index (χ3n) is 4.42. The van der Waals surface area contributed by atoms with E-state index in [1.54, 1.807) is 26.3 Å². The highest BCUT2D eigenvalue weighted by molar-refractivity contribution is 7.89. The number of hydrogen-bond acceptors (Lipinski definition) is 9. The van der Waals surface area contributed by atoms with Gasteiger partial charge in [0.05, 0.1) is 21.7 Å². The van der Waals surface area contributed by atoms with Gasteiger partial charge in [0.1, 0.15) is 4.90 Å². The van der Waals surface area contributed by atoms with Crippen LogP contribution >= 0.6 is 11.3 Å². The zero-order valence-electron chi connectivity index (χ0n) is 17.4. The Morgan fingerprint density at radius 1 is 1.20 bits per heavy atom. The smallest absolute Gasteiger partial charge is 0.270 e. The molecule has 0 saturated carbocycles. The Kier molecular flexibility index (Phi) is 8.26. The molecule has 12 heteroatoms. The zero-order valence-corrected chi connectivity index (χ0v) is 19.0. The highest BCUT2D eigenvalue weighted by Crippen LogP contribution is 2.29. The van der Waals surface area contributed by atoms with Crippen LogP contribution in [-0.4, -0.2) is 55.0 Å². The fraction of sp³-hybridized carbons (Fsp3) is 0.444. The molecule has 0 saturated heterocycles. The van der Waals surface area contributed by atoms with Crippen molar-refractivity contribution in [3.05, 3.63) is 39.4 Å². The number of nitrogens with one attached hydrogen (secondary N) is 1. The van der Waals surface area contributed by atoms with E-state index in [1.807, 2.05) is 13.8 Å². The molecular formula is C18H26N6O4S2. The molecule has 1 N–H and O–H groups in total. The molecule has 1 aromatic heterocycles. The van der Waals surface area contributed by atoms with Crippen molar-refractivity contribution in [2.24, 2.45) is 5.10 Å². The largest absolute Gasteiger partial charge is 0.349 e. The Morgan fingerprint density at radius 2 is 1.87 bits per heavy atom. The molecule has 0 aliphatic carbocycles. The number of nitro groups is 1. The van der Waals surface area contributed by atoms with Gasteiger partial charge in [0.2, 0.25) is 10.0 Å². The van der Waals surface area contributed by atoms with E-state index in [4.69, 9.17) is 0 Å². The van der Waals surface area contributed by atoms with Crippen molar-refractivity contribution in [3.63, 3.8) is 0 Å². The third-order valence-corrected chi connectivity index (χ3v) is 7.50. The molecule has 0 aliphatic heterocycles. The highest BCUT2D eigenvalue weighted by atomic mass is 32.2. The number of rotatable bonds is 11. The lowest BCUT2D eigenvalue weighted by Crippen LogP contribution is -2.31. The molecule has 0 aliphatic rings. The van der Waals surface area contributed by atoms with Gasteiger partial charge in [-0.15, -0.1) is 0 Å². The van der Waals surface area contributed by atoms with Crippen LogP contribution in [0, 0.1) is 10.1 Å². The minimum atomic E-state index is -3.92. The number of non-ortho nitro benzene ring substituents is 1. The number of aromatic nitrogens is 1. The van der Waals surface area contributed by atoms with Gasteiger partial charge in [0.15, 0.2) is 5.13 Å². The Labute approximate surface area is 180 Å². The number of benzene rings is 1. The summed E-state index contributed by atoms with van der Waals surface area (Å²) in [5.41, 5.74) is 2.57. The first-order valence-corrected chi connectivity index (χ1v) is 11.8. The second-order valence-corrected chi connectivity index (χ2v) is 9.06. The summed E-state index contributed by atoms with van der Waals surface area (Å²) >= 11 is 1.46. The fourth-order valence-electron chi connectivity index (χ4n) is 2.78. The highest BCUT2D eigenvalue weighted by Gasteiger charge is 2.27. The topological polar surface area (TPSA) is 121 Å². The molecule has 164 valence electrons. The van der Waals surface area contributed by atoms with Crippen molar-refractivity contribution in [1.29, 1.82) is 0 Å². The summed E-state index contributed by atoms with van der Waals surface area (Å²) in [5, 5.41) is 16.1. The van der Waals surface area contributed by atoms with Crippen LogP contribution in [0.25, 0.3) is 0 Å². The summed E-state index contributed by atoms with van der Waals surface area (Å²) < 4.78 is 27.2. The minimum Gasteiger partial charge on any atom is -0.349 e. The molecule has 0 spiro atoms. The van der Waals surface area contributed by atoms with E-state index in [1.165, 1.54) is 27.8 Å². The van der Waals surface area contributed by atoms with Gasteiger partial charge in [-0.3, -0.25) is 15.5 Å². The van der Waals surface area contributed by atoms with Crippen molar-refractivity contribution in [2.75, 3.05) is 36.5 Å². The van der Waals surface area contributed by atoms with E-state index in [-0.39, 0.29) is 29.4 Å². The van der Waals surface area contributed by atoms with Crippen LogP contribution in [0.15, 0.2) is 34.4 Å². The Morgan fingerprint density at radius 3 is 2.43 bits per heavy atom. The predicted molar refractivity (Wildman–Crippen MR) is 120 cm³/mol. The summed E-state index contributed by atoms with van der Waals surface area (Å²) in [6.07, 6.45) is 3.23. The van der Waals surface area contributed by atoms with Gasteiger partial charge in [-0.05, 0) is 19.9 Å². The molecule has 0 atom stereocenters. The standard InChI is InChI=1S/C18H26N6O4S2/c1-5-22(6-2)18-19-12-15(29-18)13-20-21-16-10-9-14(24(25)26)11-17(16)30(27,28)23(7-3)8-4/h9-13,21H,5-8H2,1-4H3/b20-13+. The Hall–Kier alpha value is -2.57. The molecule has 1 aromatic carbocycles. The summed E-state index contributed by atoms with van der Waals surface area (Å²) in [7, 11) is -3.92. The van der Waals surface area contributed by atoms with E-state index < -0.39 is 14.9 Å². The molecule has 2 aromatic rings. The SMILES string of the molecule is CCN(CC)c1ncc(/C=N/Nc2ccc([N+](=O)[O-])cc2S(=O)(=O)N(CC)CC)s1. The Balaban J connectivity index is 2.33. The fourth-order valence-corrected chi connectivity index (χ4v) is 5.31. The molecule has 0 amide bonds. The van der Waals surface area contributed by atoms with E-state index in [0.29, 0.717) is 0 Å². The van der Waals surface area contributed by atoms with Crippen LogP contribution in [-0.2, 0) is 10.0 Å². The minimum absolute atomic E-state index is 0.164. The number of anilines is 2. The normalized spacial score (nSPS) is 11.9. The van der Waals surface area contributed by atoms with Crippen LogP contribution < -0.4 is 10.3 Å². The number of nitro benzene ring substituents is 1. The molecule has 0 unspecified atom stereocenters. The Bertz CT molecular complexity index is 998. The molecule has 0 bridgehead atoms. The summed E-state index contributed by atoms with van der Waals surface area (Å²) in [6.45, 7) is 9.70. The lowest BCUT2D eigenvalue weighted by Gasteiger charge is -2.20. The number of thiazole rings is 1. The average Bonchev–Trinajstić information content (AvgIpc) is 3.18. The predicted octanol–water partition coefficient (Wildman–Crippen LogP) is 3.37. The first-order valence-electron chi connectivity index (χ1n) is 9.56. The maximum atomic E-state index is 13.0.